The van der Waals surface area contributed by atoms with E-state index in [1.54, 1.807) is 6.20 Å². The van der Waals surface area contributed by atoms with E-state index in [9.17, 15) is 0 Å². The van der Waals surface area contributed by atoms with Gasteiger partial charge in [-0.2, -0.15) is 10.1 Å². The van der Waals surface area contributed by atoms with E-state index in [-0.39, 0.29) is 11.3 Å². The van der Waals surface area contributed by atoms with E-state index >= 15 is 0 Å². The van der Waals surface area contributed by atoms with Crippen molar-refractivity contribution in [3.05, 3.63) is 46.9 Å². The standard InChI is InChI=1S/C12H13ClN4/c1-8-5-3-4-6-10(8)9(2)15-11-7-14-17-12(13)16-11/h3-7,9H,1-2H3,(H,15,16,17). The number of aromatic nitrogens is 3. The van der Waals surface area contributed by atoms with Gasteiger partial charge < -0.3 is 5.32 Å². The Morgan fingerprint density at radius 2 is 2.06 bits per heavy atom. The molecule has 0 saturated heterocycles. The number of nitrogens with zero attached hydrogens (tertiary/aromatic N) is 3. The number of rotatable bonds is 3. The second-order valence-electron chi connectivity index (χ2n) is 3.83. The van der Waals surface area contributed by atoms with E-state index in [0.717, 1.165) is 0 Å². The molecule has 0 radical (unpaired) electrons. The third-order valence-electron chi connectivity index (χ3n) is 2.55. The predicted octanol–water partition coefficient (Wildman–Crippen LogP) is 3.01. The van der Waals surface area contributed by atoms with Gasteiger partial charge >= 0.3 is 0 Å². The van der Waals surface area contributed by atoms with Crippen LogP contribution in [0.4, 0.5) is 5.82 Å². The quantitative estimate of drug-likeness (QED) is 0.907. The summed E-state index contributed by atoms with van der Waals surface area (Å²) < 4.78 is 0. The summed E-state index contributed by atoms with van der Waals surface area (Å²) in [6, 6.07) is 8.35. The number of nitrogens with one attached hydrogen (secondary N) is 1. The van der Waals surface area contributed by atoms with Gasteiger partial charge in [0.25, 0.3) is 0 Å². The Bertz CT molecular complexity index is 515. The van der Waals surface area contributed by atoms with Crippen LogP contribution < -0.4 is 5.32 Å². The van der Waals surface area contributed by atoms with Gasteiger partial charge in [0.15, 0.2) is 0 Å². The van der Waals surface area contributed by atoms with Crippen LogP contribution in [0.2, 0.25) is 5.28 Å². The number of anilines is 1. The van der Waals surface area contributed by atoms with Crippen molar-refractivity contribution in [1.82, 2.24) is 15.2 Å². The Morgan fingerprint density at radius 3 is 2.76 bits per heavy atom. The molecule has 0 aliphatic carbocycles. The van der Waals surface area contributed by atoms with Crippen LogP contribution in [0, 0.1) is 6.92 Å². The number of halogens is 1. The van der Waals surface area contributed by atoms with Crippen molar-refractivity contribution in [3.8, 4) is 0 Å². The van der Waals surface area contributed by atoms with Crippen LogP contribution in [-0.2, 0) is 0 Å². The van der Waals surface area contributed by atoms with Gasteiger partial charge in [-0.3, -0.25) is 0 Å². The van der Waals surface area contributed by atoms with E-state index in [4.69, 9.17) is 11.6 Å². The third-order valence-corrected chi connectivity index (χ3v) is 2.71. The third kappa shape index (κ3) is 2.91. The van der Waals surface area contributed by atoms with Crippen molar-refractivity contribution >= 4 is 17.4 Å². The Balaban J connectivity index is 2.17. The molecule has 2 rings (SSSR count). The topological polar surface area (TPSA) is 50.7 Å². The lowest BCUT2D eigenvalue weighted by Gasteiger charge is -2.16. The minimum absolute atomic E-state index is 0.143. The van der Waals surface area contributed by atoms with Crippen molar-refractivity contribution in [1.29, 1.82) is 0 Å². The SMILES string of the molecule is Cc1ccccc1C(C)Nc1cnnc(Cl)n1. The maximum absolute atomic E-state index is 5.68. The molecular weight excluding hydrogens is 236 g/mol. The van der Waals surface area contributed by atoms with Gasteiger partial charge in [0.2, 0.25) is 5.28 Å². The molecule has 0 aliphatic heterocycles. The lowest BCUT2D eigenvalue weighted by atomic mass is 10.0. The zero-order valence-electron chi connectivity index (χ0n) is 9.68. The molecule has 17 heavy (non-hydrogen) atoms. The molecule has 0 fully saturated rings. The van der Waals surface area contributed by atoms with E-state index in [1.807, 2.05) is 12.1 Å². The van der Waals surface area contributed by atoms with Gasteiger partial charge in [-0.15, -0.1) is 5.10 Å². The summed E-state index contributed by atoms with van der Waals surface area (Å²) in [5.41, 5.74) is 2.46. The number of aryl methyl sites for hydroxylation is 1. The Labute approximate surface area is 105 Å². The molecule has 2 aromatic rings. The summed E-state index contributed by atoms with van der Waals surface area (Å²) in [5, 5.41) is 10.7. The highest BCUT2D eigenvalue weighted by atomic mass is 35.5. The fourth-order valence-corrected chi connectivity index (χ4v) is 1.86. The van der Waals surface area contributed by atoms with E-state index in [2.05, 4.69) is 46.5 Å². The molecule has 1 aromatic carbocycles. The Morgan fingerprint density at radius 1 is 1.29 bits per heavy atom. The highest BCUT2D eigenvalue weighted by molar-refractivity contribution is 6.28. The average Bonchev–Trinajstić information content (AvgIpc) is 2.29. The van der Waals surface area contributed by atoms with Gasteiger partial charge in [0.05, 0.1) is 12.2 Å². The summed E-state index contributed by atoms with van der Waals surface area (Å²) in [6.45, 7) is 4.15. The fourth-order valence-electron chi connectivity index (χ4n) is 1.72. The molecule has 0 spiro atoms. The number of hydrogen-bond acceptors (Lipinski definition) is 4. The van der Waals surface area contributed by atoms with Gasteiger partial charge in [-0.25, -0.2) is 0 Å². The van der Waals surface area contributed by atoms with Crippen molar-refractivity contribution < 1.29 is 0 Å². The molecule has 1 heterocycles. The minimum atomic E-state index is 0.143. The molecule has 0 aliphatic rings. The summed E-state index contributed by atoms with van der Waals surface area (Å²) in [4.78, 5) is 4.05. The maximum atomic E-state index is 5.68. The van der Waals surface area contributed by atoms with Crippen molar-refractivity contribution in [2.24, 2.45) is 0 Å². The van der Waals surface area contributed by atoms with Crippen LogP contribution >= 0.6 is 11.6 Å². The molecule has 1 atom stereocenters. The van der Waals surface area contributed by atoms with E-state index < -0.39 is 0 Å². The van der Waals surface area contributed by atoms with Crippen LogP contribution in [0.3, 0.4) is 0 Å². The average molecular weight is 249 g/mol. The molecule has 1 N–H and O–H groups in total. The van der Waals surface area contributed by atoms with Crippen LogP contribution in [0.15, 0.2) is 30.5 Å². The summed E-state index contributed by atoms with van der Waals surface area (Å²) in [6.07, 6.45) is 1.56. The molecular formula is C12H13ClN4. The first-order valence-corrected chi connectivity index (χ1v) is 5.72. The predicted molar refractivity (Wildman–Crippen MR) is 68.1 cm³/mol. The molecule has 1 unspecified atom stereocenters. The second kappa shape index (κ2) is 5.10. The molecule has 0 bridgehead atoms. The molecule has 4 nitrogen and oxygen atoms in total. The van der Waals surface area contributed by atoms with Gasteiger partial charge in [-0.05, 0) is 36.6 Å². The Hall–Kier alpha value is -1.68. The van der Waals surface area contributed by atoms with Crippen LogP contribution in [0.5, 0.6) is 0 Å². The van der Waals surface area contributed by atoms with Gasteiger partial charge in [0.1, 0.15) is 5.82 Å². The van der Waals surface area contributed by atoms with Crippen LogP contribution in [-0.4, -0.2) is 15.2 Å². The largest absolute Gasteiger partial charge is 0.362 e. The lowest BCUT2D eigenvalue weighted by Crippen LogP contribution is -2.10. The zero-order valence-corrected chi connectivity index (χ0v) is 10.4. The summed E-state index contributed by atoms with van der Waals surface area (Å²) in [7, 11) is 0. The highest BCUT2D eigenvalue weighted by Gasteiger charge is 2.08. The maximum Gasteiger partial charge on any atom is 0.244 e. The molecule has 1 aromatic heterocycles. The van der Waals surface area contributed by atoms with Gasteiger partial charge in [-0.1, -0.05) is 24.3 Å². The minimum Gasteiger partial charge on any atom is -0.362 e. The Kier molecular flexibility index (Phi) is 3.54. The van der Waals surface area contributed by atoms with E-state index in [0.29, 0.717) is 5.82 Å². The molecule has 88 valence electrons. The van der Waals surface area contributed by atoms with Crippen molar-refractivity contribution in [3.63, 3.8) is 0 Å². The second-order valence-corrected chi connectivity index (χ2v) is 4.17. The lowest BCUT2D eigenvalue weighted by molar-refractivity contribution is 0.851. The van der Waals surface area contributed by atoms with Gasteiger partial charge in [0, 0.05) is 0 Å². The smallest absolute Gasteiger partial charge is 0.244 e. The first kappa shape index (κ1) is 11.8. The summed E-state index contributed by atoms with van der Waals surface area (Å²) >= 11 is 5.68. The van der Waals surface area contributed by atoms with Crippen LogP contribution in [0.1, 0.15) is 24.1 Å². The number of benzene rings is 1. The van der Waals surface area contributed by atoms with Crippen molar-refractivity contribution in [2.75, 3.05) is 5.32 Å². The number of hydrogen-bond donors (Lipinski definition) is 1. The zero-order chi connectivity index (χ0) is 12.3. The normalized spacial score (nSPS) is 12.2. The summed E-state index contributed by atoms with van der Waals surface area (Å²) in [5.74, 6) is 0.626. The van der Waals surface area contributed by atoms with E-state index in [1.165, 1.54) is 11.1 Å². The first-order valence-electron chi connectivity index (χ1n) is 5.34. The molecule has 0 saturated carbocycles. The van der Waals surface area contributed by atoms with Crippen molar-refractivity contribution in [2.45, 2.75) is 19.9 Å². The molecule has 5 heteroatoms. The fraction of sp³-hybridized carbons (Fsp3) is 0.250. The van der Waals surface area contributed by atoms with Crippen LogP contribution in [0.25, 0.3) is 0 Å². The molecule has 0 amide bonds. The monoisotopic (exact) mass is 248 g/mol. The first-order chi connectivity index (χ1) is 8.16. The highest BCUT2D eigenvalue weighted by Crippen LogP contribution is 2.20.